The number of likely N-dealkylation sites (N-methyl/N-ethyl adjacent to an activating group) is 1. The lowest BCUT2D eigenvalue weighted by atomic mass is 10.1. The van der Waals surface area contributed by atoms with Crippen LogP contribution in [-0.4, -0.2) is 31.1 Å². The lowest BCUT2D eigenvalue weighted by molar-refractivity contribution is -0.156. The first-order valence-electron chi connectivity index (χ1n) is 7.55. The Kier molecular flexibility index (Phi) is 5.57. The van der Waals surface area contributed by atoms with Crippen LogP contribution < -0.4 is 15.7 Å². The minimum absolute atomic E-state index is 0.356. The van der Waals surface area contributed by atoms with E-state index >= 15 is 0 Å². The molecule has 128 valence electrons. The Labute approximate surface area is 138 Å². The number of ether oxygens (including phenoxy) is 2. The first kappa shape index (κ1) is 17.5. The highest BCUT2D eigenvalue weighted by molar-refractivity contribution is 5.84. The monoisotopic (exact) mass is 333 g/mol. The molecule has 2 aromatic rings. The fraction of sp³-hybridized carbons (Fsp3) is 0.353. The van der Waals surface area contributed by atoms with Crippen LogP contribution in [0.2, 0.25) is 0 Å². The molecule has 7 nitrogen and oxygen atoms in total. The molecule has 0 saturated heterocycles. The second-order valence-electron chi connectivity index (χ2n) is 5.22. The topological polar surface area (TPSA) is 94.8 Å². The number of aryl methyl sites for hydroxylation is 1. The SMILES string of the molecule is CCNC(=O)[C@H](C)OC(=O)COc1ccc2c(C)cc(=O)oc2c1. The van der Waals surface area contributed by atoms with Crippen LogP contribution in [0.1, 0.15) is 19.4 Å². The summed E-state index contributed by atoms with van der Waals surface area (Å²) < 4.78 is 15.4. The van der Waals surface area contributed by atoms with Gasteiger partial charge in [-0.1, -0.05) is 0 Å². The van der Waals surface area contributed by atoms with Gasteiger partial charge in [-0.05, 0) is 38.5 Å². The highest BCUT2D eigenvalue weighted by atomic mass is 16.6. The number of benzene rings is 1. The van der Waals surface area contributed by atoms with Crippen LogP contribution in [0.4, 0.5) is 0 Å². The predicted octanol–water partition coefficient (Wildman–Crippen LogP) is 1.55. The second kappa shape index (κ2) is 7.63. The Morgan fingerprint density at radius 3 is 2.75 bits per heavy atom. The highest BCUT2D eigenvalue weighted by Gasteiger charge is 2.17. The summed E-state index contributed by atoms with van der Waals surface area (Å²) in [5, 5.41) is 3.34. The van der Waals surface area contributed by atoms with Gasteiger partial charge < -0.3 is 19.2 Å². The van der Waals surface area contributed by atoms with Crippen molar-refractivity contribution < 1.29 is 23.5 Å². The van der Waals surface area contributed by atoms with E-state index in [1.54, 1.807) is 26.0 Å². The van der Waals surface area contributed by atoms with E-state index < -0.39 is 17.7 Å². The number of amides is 1. The number of nitrogens with one attached hydrogen (secondary N) is 1. The maximum atomic E-state index is 11.7. The average Bonchev–Trinajstić information content (AvgIpc) is 2.52. The minimum Gasteiger partial charge on any atom is -0.482 e. The molecule has 0 aliphatic carbocycles. The molecule has 1 atom stereocenters. The Bertz CT molecular complexity index is 810. The molecule has 1 N–H and O–H groups in total. The van der Waals surface area contributed by atoms with Gasteiger partial charge in [0.2, 0.25) is 0 Å². The van der Waals surface area contributed by atoms with Crippen molar-refractivity contribution in [1.29, 1.82) is 0 Å². The number of carbonyl (C=O) groups is 2. The molecule has 0 bridgehead atoms. The standard InChI is InChI=1S/C17H19NO6/c1-4-18-17(21)11(3)23-16(20)9-22-12-5-6-13-10(2)7-15(19)24-14(13)8-12/h5-8,11H,4,9H2,1-3H3,(H,18,21)/t11-/m0/s1. The molecule has 0 radical (unpaired) electrons. The van der Waals surface area contributed by atoms with E-state index in [1.165, 1.54) is 19.1 Å². The summed E-state index contributed by atoms with van der Waals surface area (Å²) in [6.07, 6.45) is -0.890. The van der Waals surface area contributed by atoms with Crippen molar-refractivity contribution in [3.8, 4) is 5.75 Å². The van der Waals surface area contributed by atoms with Gasteiger partial charge >= 0.3 is 11.6 Å². The van der Waals surface area contributed by atoms with Crippen molar-refractivity contribution in [2.24, 2.45) is 0 Å². The molecule has 1 amide bonds. The van der Waals surface area contributed by atoms with Gasteiger partial charge in [0.05, 0.1) is 0 Å². The Balaban J connectivity index is 1.99. The number of hydrogen-bond acceptors (Lipinski definition) is 6. The molecule has 2 rings (SSSR count). The smallest absolute Gasteiger partial charge is 0.344 e. The van der Waals surface area contributed by atoms with Crippen molar-refractivity contribution in [1.82, 2.24) is 5.32 Å². The third kappa shape index (κ3) is 4.34. The van der Waals surface area contributed by atoms with Gasteiger partial charge in [-0.25, -0.2) is 9.59 Å². The fourth-order valence-corrected chi connectivity index (χ4v) is 2.14. The first-order valence-corrected chi connectivity index (χ1v) is 7.55. The third-order valence-electron chi connectivity index (χ3n) is 3.31. The van der Waals surface area contributed by atoms with E-state index in [-0.39, 0.29) is 12.5 Å². The van der Waals surface area contributed by atoms with Crippen molar-refractivity contribution in [3.63, 3.8) is 0 Å². The zero-order valence-electron chi connectivity index (χ0n) is 13.8. The van der Waals surface area contributed by atoms with Gasteiger partial charge in [0.15, 0.2) is 12.7 Å². The Hall–Kier alpha value is -2.83. The number of esters is 1. The highest BCUT2D eigenvalue weighted by Crippen LogP contribution is 2.22. The molecule has 0 spiro atoms. The van der Waals surface area contributed by atoms with Crippen LogP contribution >= 0.6 is 0 Å². The van der Waals surface area contributed by atoms with Crippen LogP contribution in [-0.2, 0) is 14.3 Å². The summed E-state index contributed by atoms with van der Waals surface area (Å²) in [4.78, 5) is 34.6. The molecule has 0 unspecified atom stereocenters. The number of hydrogen-bond donors (Lipinski definition) is 1. The minimum atomic E-state index is -0.890. The largest absolute Gasteiger partial charge is 0.482 e. The summed E-state index contributed by atoms with van der Waals surface area (Å²) >= 11 is 0. The Morgan fingerprint density at radius 1 is 1.29 bits per heavy atom. The summed E-state index contributed by atoms with van der Waals surface area (Å²) in [6, 6.07) is 6.34. The van der Waals surface area contributed by atoms with Crippen LogP contribution in [0, 0.1) is 6.92 Å². The molecule has 0 saturated carbocycles. The van der Waals surface area contributed by atoms with E-state index in [0.29, 0.717) is 17.9 Å². The van der Waals surface area contributed by atoms with Crippen molar-refractivity contribution >= 4 is 22.8 Å². The molecule has 0 fully saturated rings. The van der Waals surface area contributed by atoms with Crippen LogP contribution in [0.15, 0.2) is 33.5 Å². The molecule has 1 heterocycles. The van der Waals surface area contributed by atoms with Gasteiger partial charge in [0.1, 0.15) is 11.3 Å². The normalized spacial score (nSPS) is 11.8. The van der Waals surface area contributed by atoms with Crippen molar-refractivity contribution in [2.45, 2.75) is 26.9 Å². The van der Waals surface area contributed by atoms with Gasteiger partial charge in [0.25, 0.3) is 5.91 Å². The van der Waals surface area contributed by atoms with E-state index in [2.05, 4.69) is 5.32 Å². The number of fused-ring (bicyclic) bond motifs is 1. The first-order chi connectivity index (χ1) is 11.4. The predicted molar refractivity (Wildman–Crippen MR) is 87.0 cm³/mol. The van der Waals surface area contributed by atoms with Gasteiger partial charge in [-0.3, -0.25) is 4.79 Å². The lowest BCUT2D eigenvalue weighted by Crippen LogP contribution is -2.36. The van der Waals surface area contributed by atoms with E-state index in [1.807, 2.05) is 0 Å². The molecule has 0 aliphatic rings. The van der Waals surface area contributed by atoms with Gasteiger partial charge in [0, 0.05) is 24.1 Å². The van der Waals surface area contributed by atoms with Gasteiger partial charge in [-0.15, -0.1) is 0 Å². The maximum absolute atomic E-state index is 11.7. The summed E-state index contributed by atoms with van der Waals surface area (Å²) in [7, 11) is 0. The summed E-state index contributed by atoms with van der Waals surface area (Å²) in [5.74, 6) is -0.674. The summed E-state index contributed by atoms with van der Waals surface area (Å²) in [5.41, 5.74) is 0.719. The maximum Gasteiger partial charge on any atom is 0.344 e. The zero-order valence-corrected chi connectivity index (χ0v) is 13.8. The molecule has 1 aromatic carbocycles. The summed E-state index contributed by atoms with van der Waals surface area (Å²) in [6.45, 7) is 5.16. The van der Waals surface area contributed by atoms with Gasteiger partial charge in [-0.2, -0.15) is 0 Å². The number of carbonyl (C=O) groups excluding carboxylic acids is 2. The fourth-order valence-electron chi connectivity index (χ4n) is 2.14. The quantitative estimate of drug-likeness (QED) is 0.636. The molecular formula is C17H19NO6. The second-order valence-corrected chi connectivity index (χ2v) is 5.22. The van der Waals surface area contributed by atoms with Crippen molar-refractivity contribution in [3.05, 3.63) is 40.2 Å². The average molecular weight is 333 g/mol. The van der Waals surface area contributed by atoms with E-state index in [9.17, 15) is 14.4 Å². The Morgan fingerprint density at radius 2 is 2.04 bits per heavy atom. The number of rotatable bonds is 6. The molecule has 1 aromatic heterocycles. The molecule has 24 heavy (non-hydrogen) atoms. The van der Waals surface area contributed by atoms with Crippen molar-refractivity contribution in [2.75, 3.05) is 13.2 Å². The molecule has 7 heteroatoms. The molecular weight excluding hydrogens is 314 g/mol. The van der Waals surface area contributed by atoms with Crippen LogP contribution in [0.5, 0.6) is 5.75 Å². The lowest BCUT2D eigenvalue weighted by Gasteiger charge is -2.13. The third-order valence-corrected chi connectivity index (χ3v) is 3.31. The molecule has 0 aliphatic heterocycles. The van der Waals surface area contributed by atoms with Crippen LogP contribution in [0.25, 0.3) is 11.0 Å². The van der Waals surface area contributed by atoms with E-state index in [4.69, 9.17) is 13.9 Å². The zero-order chi connectivity index (χ0) is 17.7. The van der Waals surface area contributed by atoms with E-state index in [0.717, 1.165) is 10.9 Å². The van der Waals surface area contributed by atoms with Crippen LogP contribution in [0.3, 0.4) is 0 Å².